The predicted molar refractivity (Wildman–Crippen MR) is 73.0 cm³/mol. The molecule has 1 atom stereocenters. The summed E-state index contributed by atoms with van der Waals surface area (Å²) in [5.74, 6) is 0.491. The molecule has 5 nitrogen and oxygen atoms in total. The highest BCUT2D eigenvalue weighted by molar-refractivity contribution is 7.98. The van der Waals surface area contributed by atoms with Gasteiger partial charge in [-0.15, -0.1) is 11.8 Å². The Kier molecular flexibility index (Phi) is 6.49. The first-order valence-corrected chi connectivity index (χ1v) is 7.16. The van der Waals surface area contributed by atoms with Crippen molar-refractivity contribution in [2.75, 3.05) is 18.1 Å². The Hall–Kier alpha value is -1.30. The number of carbonyl (C=O) groups is 1. The van der Waals surface area contributed by atoms with E-state index in [0.717, 1.165) is 30.2 Å². The number of carboxylic acids is 1. The van der Waals surface area contributed by atoms with Crippen molar-refractivity contribution in [1.29, 1.82) is 0 Å². The summed E-state index contributed by atoms with van der Waals surface area (Å²) in [5, 5.41) is 12.8. The lowest BCUT2D eigenvalue weighted by Crippen LogP contribution is -2.09. The fraction of sp³-hybridized carbons (Fsp3) is 0.583. The van der Waals surface area contributed by atoms with Crippen LogP contribution in [0.4, 0.5) is 5.82 Å². The van der Waals surface area contributed by atoms with Crippen LogP contribution in [0.3, 0.4) is 0 Å². The molecule has 100 valence electrons. The molecular weight excluding hydrogens is 250 g/mol. The van der Waals surface area contributed by atoms with E-state index in [1.807, 2.05) is 12.3 Å². The van der Waals surface area contributed by atoms with E-state index in [0.29, 0.717) is 5.92 Å². The zero-order valence-electron chi connectivity index (χ0n) is 10.7. The van der Waals surface area contributed by atoms with E-state index in [4.69, 9.17) is 5.11 Å². The molecule has 0 saturated heterocycles. The molecule has 6 heteroatoms. The molecule has 1 rings (SSSR count). The lowest BCUT2D eigenvalue weighted by molar-refractivity contribution is -0.137. The molecule has 1 unspecified atom stereocenters. The van der Waals surface area contributed by atoms with Crippen LogP contribution in [-0.2, 0) is 4.79 Å². The zero-order chi connectivity index (χ0) is 13.4. The maximum Gasteiger partial charge on any atom is 0.303 e. The van der Waals surface area contributed by atoms with Crippen LogP contribution in [0.5, 0.6) is 0 Å². The lowest BCUT2D eigenvalue weighted by Gasteiger charge is -2.11. The SMILES string of the molecule is CSc1cc(NCCC(C)CCC(=O)O)ncn1. The van der Waals surface area contributed by atoms with Crippen molar-refractivity contribution in [3.8, 4) is 0 Å². The number of aliphatic carboxylic acids is 1. The third-order valence-corrected chi connectivity index (χ3v) is 3.29. The second-order valence-electron chi connectivity index (χ2n) is 4.20. The minimum absolute atomic E-state index is 0.241. The van der Waals surface area contributed by atoms with Gasteiger partial charge in [0.15, 0.2) is 0 Å². The van der Waals surface area contributed by atoms with Gasteiger partial charge in [-0.2, -0.15) is 0 Å². The Balaban J connectivity index is 2.26. The summed E-state index contributed by atoms with van der Waals surface area (Å²) < 4.78 is 0. The van der Waals surface area contributed by atoms with Gasteiger partial charge in [0.2, 0.25) is 0 Å². The Labute approximate surface area is 111 Å². The van der Waals surface area contributed by atoms with Crippen molar-refractivity contribution in [3.63, 3.8) is 0 Å². The number of hydrogen-bond donors (Lipinski definition) is 2. The highest BCUT2D eigenvalue weighted by Gasteiger charge is 2.05. The second-order valence-corrected chi connectivity index (χ2v) is 5.03. The molecular formula is C12H19N3O2S. The predicted octanol–water partition coefficient (Wildman–Crippen LogP) is 2.50. The Morgan fingerprint density at radius 1 is 1.50 bits per heavy atom. The average Bonchev–Trinajstić information content (AvgIpc) is 2.36. The average molecular weight is 269 g/mol. The zero-order valence-corrected chi connectivity index (χ0v) is 11.5. The third kappa shape index (κ3) is 5.86. The molecule has 1 aromatic heterocycles. The Morgan fingerprint density at radius 3 is 2.94 bits per heavy atom. The molecule has 0 aliphatic carbocycles. The van der Waals surface area contributed by atoms with Crippen LogP contribution in [0.15, 0.2) is 17.4 Å². The summed E-state index contributed by atoms with van der Waals surface area (Å²) in [7, 11) is 0. The third-order valence-electron chi connectivity index (χ3n) is 2.65. The minimum Gasteiger partial charge on any atom is -0.481 e. The quantitative estimate of drug-likeness (QED) is 0.558. The van der Waals surface area contributed by atoms with Crippen molar-refractivity contribution in [2.24, 2.45) is 5.92 Å². The van der Waals surface area contributed by atoms with Gasteiger partial charge >= 0.3 is 5.97 Å². The van der Waals surface area contributed by atoms with Gasteiger partial charge in [-0.1, -0.05) is 6.92 Å². The number of anilines is 1. The topological polar surface area (TPSA) is 75.1 Å². The Morgan fingerprint density at radius 2 is 2.28 bits per heavy atom. The highest BCUT2D eigenvalue weighted by atomic mass is 32.2. The first-order chi connectivity index (χ1) is 8.61. The molecule has 0 amide bonds. The molecule has 0 bridgehead atoms. The maximum absolute atomic E-state index is 10.4. The summed E-state index contributed by atoms with van der Waals surface area (Å²) in [6.07, 6.45) is 5.41. The van der Waals surface area contributed by atoms with Gasteiger partial charge in [-0.3, -0.25) is 4.79 Å². The van der Waals surface area contributed by atoms with Crippen LogP contribution in [0.1, 0.15) is 26.2 Å². The van der Waals surface area contributed by atoms with Gasteiger partial charge in [0.1, 0.15) is 17.2 Å². The first kappa shape index (κ1) is 14.8. The van der Waals surface area contributed by atoms with E-state index >= 15 is 0 Å². The van der Waals surface area contributed by atoms with Crippen LogP contribution < -0.4 is 5.32 Å². The smallest absolute Gasteiger partial charge is 0.303 e. The maximum atomic E-state index is 10.4. The summed E-state index contributed by atoms with van der Waals surface area (Å²) in [6, 6.07) is 1.91. The van der Waals surface area contributed by atoms with E-state index in [-0.39, 0.29) is 6.42 Å². The molecule has 1 aromatic rings. The lowest BCUT2D eigenvalue weighted by atomic mass is 10.0. The standard InChI is InChI=1S/C12H19N3O2S/c1-9(3-4-12(16)17)5-6-13-10-7-11(18-2)15-8-14-10/h7-9H,3-6H2,1-2H3,(H,16,17)(H,13,14,15). The number of hydrogen-bond acceptors (Lipinski definition) is 5. The Bertz CT molecular complexity index is 387. The molecule has 1 heterocycles. The number of thioether (sulfide) groups is 1. The van der Waals surface area contributed by atoms with Crippen LogP contribution in [0.25, 0.3) is 0 Å². The molecule has 0 saturated carbocycles. The normalized spacial score (nSPS) is 12.1. The summed E-state index contributed by atoms with van der Waals surface area (Å²) in [4.78, 5) is 18.7. The summed E-state index contributed by atoms with van der Waals surface area (Å²) >= 11 is 1.58. The molecule has 0 aliphatic heterocycles. The molecule has 0 aromatic carbocycles. The number of rotatable bonds is 8. The monoisotopic (exact) mass is 269 g/mol. The van der Waals surface area contributed by atoms with Crippen LogP contribution >= 0.6 is 11.8 Å². The second kappa shape index (κ2) is 7.92. The van der Waals surface area contributed by atoms with Crippen LogP contribution in [-0.4, -0.2) is 33.8 Å². The number of nitrogens with zero attached hydrogens (tertiary/aromatic N) is 2. The number of aromatic nitrogens is 2. The van der Waals surface area contributed by atoms with Crippen molar-refractivity contribution >= 4 is 23.5 Å². The van der Waals surface area contributed by atoms with Gasteiger partial charge in [0, 0.05) is 19.0 Å². The van der Waals surface area contributed by atoms with E-state index < -0.39 is 5.97 Å². The summed E-state index contributed by atoms with van der Waals surface area (Å²) in [6.45, 7) is 2.86. The minimum atomic E-state index is -0.727. The molecule has 2 N–H and O–H groups in total. The fourth-order valence-electron chi connectivity index (χ4n) is 1.51. The van der Waals surface area contributed by atoms with Crippen molar-refractivity contribution in [2.45, 2.75) is 31.2 Å². The number of nitrogens with one attached hydrogen (secondary N) is 1. The van der Waals surface area contributed by atoms with E-state index in [9.17, 15) is 4.79 Å². The summed E-state index contributed by atoms with van der Waals surface area (Å²) in [5.41, 5.74) is 0. The van der Waals surface area contributed by atoms with Crippen LogP contribution in [0.2, 0.25) is 0 Å². The van der Waals surface area contributed by atoms with E-state index in [2.05, 4.69) is 22.2 Å². The highest BCUT2D eigenvalue weighted by Crippen LogP contribution is 2.15. The van der Waals surface area contributed by atoms with Crippen molar-refractivity contribution in [1.82, 2.24) is 9.97 Å². The largest absolute Gasteiger partial charge is 0.481 e. The molecule has 0 spiro atoms. The molecule has 0 radical (unpaired) electrons. The number of carboxylic acid groups (broad SMARTS) is 1. The van der Waals surface area contributed by atoms with Gasteiger partial charge < -0.3 is 10.4 Å². The van der Waals surface area contributed by atoms with Gasteiger partial charge in [-0.25, -0.2) is 9.97 Å². The molecule has 0 aliphatic rings. The molecule has 18 heavy (non-hydrogen) atoms. The first-order valence-electron chi connectivity index (χ1n) is 5.93. The van der Waals surface area contributed by atoms with Gasteiger partial charge in [-0.05, 0) is 25.0 Å². The van der Waals surface area contributed by atoms with Crippen molar-refractivity contribution < 1.29 is 9.90 Å². The van der Waals surface area contributed by atoms with Gasteiger partial charge in [0.25, 0.3) is 0 Å². The van der Waals surface area contributed by atoms with Crippen molar-refractivity contribution in [3.05, 3.63) is 12.4 Å². The molecule has 0 fully saturated rings. The van der Waals surface area contributed by atoms with Gasteiger partial charge in [0.05, 0.1) is 0 Å². The fourth-order valence-corrected chi connectivity index (χ4v) is 1.89. The van der Waals surface area contributed by atoms with E-state index in [1.54, 1.807) is 18.1 Å². The van der Waals surface area contributed by atoms with Crippen LogP contribution in [0, 0.1) is 5.92 Å². The van der Waals surface area contributed by atoms with E-state index in [1.165, 1.54) is 0 Å².